The van der Waals surface area contributed by atoms with Gasteiger partial charge in [-0.1, -0.05) is 12.1 Å². The summed E-state index contributed by atoms with van der Waals surface area (Å²) >= 11 is 1.62. The first kappa shape index (κ1) is 15.9. The molecule has 2 aromatic carbocycles. The molecule has 25 heavy (non-hydrogen) atoms. The molecule has 0 radical (unpaired) electrons. The molecule has 1 aliphatic heterocycles. The van der Waals surface area contributed by atoms with E-state index in [4.69, 9.17) is 9.47 Å². The Morgan fingerprint density at radius 3 is 2.72 bits per heavy atom. The monoisotopic (exact) mass is 354 g/mol. The largest absolute Gasteiger partial charge is 0.486 e. The molecule has 0 saturated heterocycles. The summed E-state index contributed by atoms with van der Waals surface area (Å²) in [4.78, 5) is 19.2. The van der Waals surface area contributed by atoms with Crippen molar-refractivity contribution < 1.29 is 14.3 Å². The number of para-hydroxylation sites is 1. The van der Waals surface area contributed by atoms with Gasteiger partial charge in [-0.3, -0.25) is 4.79 Å². The van der Waals surface area contributed by atoms with E-state index in [-0.39, 0.29) is 11.9 Å². The van der Waals surface area contributed by atoms with E-state index in [9.17, 15) is 4.79 Å². The second-order valence-corrected chi connectivity index (χ2v) is 7.03. The predicted octanol–water partition coefficient (Wildman–Crippen LogP) is 3.90. The summed E-state index contributed by atoms with van der Waals surface area (Å²) in [5.41, 5.74) is 1.55. The maximum Gasteiger partial charge on any atom is 0.254 e. The summed E-state index contributed by atoms with van der Waals surface area (Å²) in [6, 6.07) is 13.2. The lowest BCUT2D eigenvalue weighted by Gasteiger charge is -2.24. The number of carbonyl (C=O) groups is 1. The molecule has 0 unspecified atom stereocenters. The van der Waals surface area contributed by atoms with E-state index < -0.39 is 0 Å². The van der Waals surface area contributed by atoms with Crippen LogP contribution in [0.4, 0.5) is 0 Å². The Morgan fingerprint density at radius 1 is 1.16 bits per heavy atom. The Bertz CT molecular complexity index is 904. The molecule has 1 amide bonds. The number of fused-ring (bicyclic) bond motifs is 2. The average Bonchev–Trinajstić information content (AvgIpc) is 3.10. The zero-order valence-corrected chi connectivity index (χ0v) is 14.9. The molecule has 0 aliphatic carbocycles. The second kappa shape index (κ2) is 6.37. The minimum atomic E-state index is -0.113. The van der Waals surface area contributed by atoms with Crippen molar-refractivity contribution in [2.45, 2.75) is 13.0 Å². The number of hydrogen-bond acceptors (Lipinski definition) is 5. The van der Waals surface area contributed by atoms with Crippen LogP contribution in [0.3, 0.4) is 0 Å². The Kier molecular flexibility index (Phi) is 4.05. The van der Waals surface area contributed by atoms with E-state index in [1.165, 1.54) is 0 Å². The maximum absolute atomic E-state index is 12.9. The Balaban J connectivity index is 1.58. The lowest BCUT2D eigenvalue weighted by atomic mass is 10.1. The van der Waals surface area contributed by atoms with Crippen LogP contribution in [0.5, 0.6) is 11.5 Å². The van der Waals surface area contributed by atoms with Crippen molar-refractivity contribution in [3.63, 3.8) is 0 Å². The van der Waals surface area contributed by atoms with Gasteiger partial charge in [0.2, 0.25) is 0 Å². The number of rotatable bonds is 3. The molecule has 1 aliphatic rings. The molecule has 2 heterocycles. The van der Waals surface area contributed by atoms with Gasteiger partial charge in [0.15, 0.2) is 11.5 Å². The number of amides is 1. The van der Waals surface area contributed by atoms with Crippen LogP contribution >= 0.6 is 11.3 Å². The van der Waals surface area contributed by atoms with Crippen LogP contribution in [-0.2, 0) is 0 Å². The van der Waals surface area contributed by atoms with Gasteiger partial charge in [0.05, 0.1) is 16.3 Å². The molecule has 4 rings (SSSR count). The van der Waals surface area contributed by atoms with Crippen LogP contribution in [-0.4, -0.2) is 36.1 Å². The molecular formula is C19H18N2O3S. The molecule has 0 fully saturated rings. The minimum Gasteiger partial charge on any atom is -0.486 e. The van der Waals surface area contributed by atoms with Crippen molar-refractivity contribution in [2.75, 3.05) is 20.3 Å². The van der Waals surface area contributed by atoms with E-state index in [2.05, 4.69) is 4.98 Å². The fourth-order valence-electron chi connectivity index (χ4n) is 2.79. The Labute approximate surface area is 149 Å². The highest BCUT2D eigenvalue weighted by Crippen LogP contribution is 2.33. The van der Waals surface area contributed by atoms with Crippen LogP contribution in [0.2, 0.25) is 0 Å². The standard InChI is InChI=1S/C19H18N2O3S/c1-12(18-20-14-5-3-4-6-17(14)25-18)21(2)19(22)13-7-8-15-16(11-13)24-10-9-23-15/h3-8,11-12H,9-10H2,1-2H3/t12-/m1/s1. The molecule has 5 nitrogen and oxygen atoms in total. The van der Waals surface area contributed by atoms with Crippen molar-refractivity contribution in [2.24, 2.45) is 0 Å². The highest BCUT2D eigenvalue weighted by atomic mass is 32.1. The highest BCUT2D eigenvalue weighted by molar-refractivity contribution is 7.18. The Morgan fingerprint density at radius 2 is 1.92 bits per heavy atom. The molecule has 0 spiro atoms. The van der Waals surface area contributed by atoms with Crippen molar-refractivity contribution in [3.8, 4) is 11.5 Å². The fourth-order valence-corrected chi connectivity index (χ4v) is 3.85. The smallest absolute Gasteiger partial charge is 0.254 e. The molecule has 6 heteroatoms. The maximum atomic E-state index is 12.9. The number of benzene rings is 2. The average molecular weight is 354 g/mol. The SMILES string of the molecule is C[C@H](c1nc2ccccc2s1)N(C)C(=O)c1ccc2c(c1)OCCO2. The molecule has 1 atom stereocenters. The van der Waals surface area contributed by atoms with Gasteiger partial charge in [0, 0.05) is 12.6 Å². The first-order chi connectivity index (χ1) is 12.1. The number of aromatic nitrogens is 1. The lowest BCUT2D eigenvalue weighted by molar-refractivity contribution is 0.0741. The van der Waals surface area contributed by atoms with Gasteiger partial charge >= 0.3 is 0 Å². The fraction of sp³-hybridized carbons (Fsp3) is 0.263. The molecule has 0 bridgehead atoms. The quantitative estimate of drug-likeness (QED) is 0.716. The number of nitrogens with zero attached hydrogens (tertiary/aromatic N) is 2. The summed E-state index contributed by atoms with van der Waals surface area (Å²) < 4.78 is 12.2. The minimum absolute atomic E-state index is 0.0660. The summed E-state index contributed by atoms with van der Waals surface area (Å²) in [6.45, 7) is 3.03. The predicted molar refractivity (Wildman–Crippen MR) is 97.6 cm³/mol. The van der Waals surface area contributed by atoms with Crippen LogP contribution in [0.15, 0.2) is 42.5 Å². The molecule has 0 N–H and O–H groups in total. The van der Waals surface area contributed by atoms with Crippen molar-refractivity contribution in [1.82, 2.24) is 9.88 Å². The van der Waals surface area contributed by atoms with Gasteiger partial charge in [-0.25, -0.2) is 4.98 Å². The molecule has 1 aromatic heterocycles. The zero-order chi connectivity index (χ0) is 17.4. The van der Waals surface area contributed by atoms with Crippen LogP contribution in [0.1, 0.15) is 28.3 Å². The lowest BCUT2D eigenvalue weighted by Crippen LogP contribution is -2.29. The number of ether oxygens (including phenoxy) is 2. The van der Waals surface area contributed by atoms with Crippen LogP contribution in [0.25, 0.3) is 10.2 Å². The van der Waals surface area contributed by atoms with Gasteiger partial charge in [0.1, 0.15) is 18.2 Å². The topological polar surface area (TPSA) is 51.7 Å². The Hall–Kier alpha value is -2.60. The van der Waals surface area contributed by atoms with Gasteiger partial charge in [-0.15, -0.1) is 11.3 Å². The van der Waals surface area contributed by atoms with Crippen molar-refractivity contribution >= 4 is 27.5 Å². The first-order valence-electron chi connectivity index (χ1n) is 8.16. The zero-order valence-electron chi connectivity index (χ0n) is 14.1. The third kappa shape index (κ3) is 2.93. The molecule has 128 valence electrons. The van der Waals surface area contributed by atoms with E-state index >= 15 is 0 Å². The van der Waals surface area contributed by atoms with Gasteiger partial charge in [-0.2, -0.15) is 0 Å². The van der Waals surface area contributed by atoms with E-state index in [0.717, 1.165) is 15.2 Å². The third-order valence-electron chi connectivity index (χ3n) is 4.36. The molecular weight excluding hydrogens is 336 g/mol. The van der Waals surface area contributed by atoms with Gasteiger partial charge in [-0.05, 0) is 37.3 Å². The normalized spacial score (nSPS) is 14.3. The number of carbonyl (C=O) groups excluding carboxylic acids is 1. The van der Waals surface area contributed by atoms with Crippen molar-refractivity contribution in [3.05, 3.63) is 53.0 Å². The molecule has 3 aromatic rings. The number of hydrogen-bond donors (Lipinski definition) is 0. The van der Waals surface area contributed by atoms with Gasteiger partial charge in [0.25, 0.3) is 5.91 Å². The summed E-state index contributed by atoms with van der Waals surface area (Å²) in [5.74, 6) is 1.24. The molecule has 0 saturated carbocycles. The van der Waals surface area contributed by atoms with Crippen LogP contribution < -0.4 is 9.47 Å². The van der Waals surface area contributed by atoms with Gasteiger partial charge < -0.3 is 14.4 Å². The van der Waals surface area contributed by atoms with Crippen molar-refractivity contribution in [1.29, 1.82) is 0 Å². The summed E-state index contributed by atoms with van der Waals surface area (Å²) in [7, 11) is 1.80. The second-order valence-electron chi connectivity index (χ2n) is 5.97. The van der Waals surface area contributed by atoms with E-state index in [1.54, 1.807) is 41.5 Å². The summed E-state index contributed by atoms with van der Waals surface area (Å²) in [6.07, 6.45) is 0. The first-order valence-corrected chi connectivity index (χ1v) is 8.97. The number of thiazole rings is 1. The highest BCUT2D eigenvalue weighted by Gasteiger charge is 2.23. The van der Waals surface area contributed by atoms with E-state index in [0.29, 0.717) is 30.3 Å². The van der Waals surface area contributed by atoms with Crippen LogP contribution in [0, 0.1) is 0 Å². The third-order valence-corrected chi connectivity index (χ3v) is 5.56. The van der Waals surface area contributed by atoms with E-state index in [1.807, 2.05) is 31.2 Å². The summed E-state index contributed by atoms with van der Waals surface area (Å²) in [5, 5.41) is 0.926.